The maximum absolute atomic E-state index is 11.1. The fourth-order valence-electron chi connectivity index (χ4n) is 1.91. The van der Waals surface area contributed by atoms with E-state index in [0.29, 0.717) is 5.56 Å². The van der Waals surface area contributed by atoms with E-state index in [1.807, 2.05) is 0 Å². The fraction of sp³-hybridized carbons (Fsp3) is 0.133. The number of carboxylic acid groups (broad SMARTS) is 1. The van der Waals surface area contributed by atoms with Gasteiger partial charge in [0.2, 0.25) is 0 Å². The molecule has 0 amide bonds. The molecule has 0 aliphatic carbocycles. The Morgan fingerprint density at radius 1 is 0.960 bits per heavy atom. The van der Waals surface area contributed by atoms with Crippen molar-refractivity contribution in [2.75, 3.05) is 0 Å². The van der Waals surface area contributed by atoms with Crippen molar-refractivity contribution in [1.29, 1.82) is 0 Å². The maximum atomic E-state index is 11.1. The third-order valence-electron chi connectivity index (χ3n) is 3.18. The van der Waals surface area contributed by atoms with Gasteiger partial charge < -0.3 is 15.3 Å². The molecule has 0 aliphatic rings. The van der Waals surface area contributed by atoms with Gasteiger partial charge in [0, 0.05) is 6.42 Å². The highest BCUT2D eigenvalue weighted by atomic mass is 32.2. The SMILES string of the molecule is O=C(O)CCc1ccc(O)c(/N=N/c2cc(S(=O)(=O)O)ccc2O)c1. The minimum Gasteiger partial charge on any atom is -0.506 e. The lowest BCUT2D eigenvalue weighted by atomic mass is 10.1. The first-order valence-electron chi connectivity index (χ1n) is 6.93. The van der Waals surface area contributed by atoms with Gasteiger partial charge in [-0.05, 0) is 42.3 Å². The molecule has 0 saturated heterocycles. The van der Waals surface area contributed by atoms with E-state index in [-0.39, 0.29) is 35.7 Å². The molecule has 25 heavy (non-hydrogen) atoms. The first-order chi connectivity index (χ1) is 11.7. The summed E-state index contributed by atoms with van der Waals surface area (Å²) < 4.78 is 31.2. The van der Waals surface area contributed by atoms with Crippen LogP contribution in [0, 0.1) is 0 Å². The van der Waals surface area contributed by atoms with Crippen molar-refractivity contribution in [2.45, 2.75) is 17.7 Å². The van der Waals surface area contributed by atoms with Crippen LogP contribution in [0.2, 0.25) is 0 Å². The second-order valence-electron chi connectivity index (χ2n) is 5.04. The van der Waals surface area contributed by atoms with E-state index in [0.717, 1.165) is 18.2 Å². The molecule has 2 rings (SSSR count). The second-order valence-corrected chi connectivity index (χ2v) is 6.46. The van der Waals surface area contributed by atoms with Crippen molar-refractivity contribution in [3.8, 4) is 11.5 Å². The van der Waals surface area contributed by atoms with E-state index in [4.69, 9.17) is 9.66 Å². The molecule has 0 bridgehead atoms. The lowest BCUT2D eigenvalue weighted by Gasteiger charge is -2.04. The Kier molecular flexibility index (Phi) is 5.35. The Morgan fingerprint density at radius 3 is 2.08 bits per heavy atom. The maximum Gasteiger partial charge on any atom is 0.303 e. The Bertz CT molecular complexity index is 939. The minimum absolute atomic E-state index is 0.0135. The van der Waals surface area contributed by atoms with Gasteiger partial charge in [0.1, 0.15) is 22.9 Å². The van der Waals surface area contributed by atoms with E-state index in [1.165, 1.54) is 18.2 Å². The van der Waals surface area contributed by atoms with Gasteiger partial charge in [-0.15, -0.1) is 10.2 Å². The summed E-state index contributed by atoms with van der Waals surface area (Å²) >= 11 is 0. The summed E-state index contributed by atoms with van der Waals surface area (Å²) in [7, 11) is -4.47. The molecule has 2 aromatic rings. The van der Waals surface area contributed by atoms with Crippen LogP contribution in [0.15, 0.2) is 51.5 Å². The van der Waals surface area contributed by atoms with Crippen LogP contribution in [0.1, 0.15) is 12.0 Å². The molecule has 2 aromatic carbocycles. The van der Waals surface area contributed by atoms with Crippen LogP contribution in [0.5, 0.6) is 11.5 Å². The van der Waals surface area contributed by atoms with Crippen molar-refractivity contribution in [1.82, 2.24) is 0 Å². The summed E-state index contributed by atoms with van der Waals surface area (Å²) in [6.45, 7) is 0. The monoisotopic (exact) mass is 366 g/mol. The van der Waals surface area contributed by atoms with E-state index in [2.05, 4.69) is 10.2 Å². The van der Waals surface area contributed by atoms with Crippen LogP contribution >= 0.6 is 0 Å². The smallest absolute Gasteiger partial charge is 0.303 e. The first-order valence-corrected chi connectivity index (χ1v) is 8.37. The number of aliphatic carboxylic acids is 1. The molecular formula is C15H14N2O7S. The number of aromatic hydroxyl groups is 2. The average Bonchev–Trinajstić information content (AvgIpc) is 2.53. The van der Waals surface area contributed by atoms with Gasteiger partial charge in [-0.3, -0.25) is 9.35 Å². The zero-order chi connectivity index (χ0) is 18.6. The molecule has 10 heteroatoms. The first kappa shape index (κ1) is 18.4. The Hall–Kier alpha value is -2.98. The third kappa shape index (κ3) is 4.99. The highest BCUT2D eigenvalue weighted by molar-refractivity contribution is 7.85. The van der Waals surface area contributed by atoms with E-state index < -0.39 is 21.0 Å². The number of hydrogen-bond donors (Lipinski definition) is 4. The molecule has 4 N–H and O–H groups in total. The molecule has 0 aromatic heterocycles. The topological polar surface area (TPSA) is 157 Å². The molecular weight excluding hydrogens is 352 g/mol. The van der Waals surface area contributed by atoms with Gasteiger partial charge in [-0.25, -0.2) is 0 Å². The largest absolute Gasteiger partial charge is 0.506 e. The molecule has 132 valence electrons. The Labute approximate surface area is 142 Å². The van der Waals surface area contributed by atoms with Crippen LogP contribution in [0.3, 0.4) is 0 Å². The summed E-state index contributed by atoms with van der Waals surface area (Å²) in [6, 6.07) is 7.22. The van der Waals surface area contributed by atoms with Gasteiger partial charge in [0.05, 0.1) is 4.90 Å². The van der Waals surface area contributed by atoms with Gasteiger partial charge in [0.15, 0.2) is 0 Å². The number of phenols is 2. The number of phenolic OH excluding ortho intramolecular Hbond substituents is 2. The molecule has 0 unspecified atom stereocenters. The van der Waals surface area contributed by atoms with Crippen LogP contribution in [0.4, 0.5) is 11.4 Å². The average molecular weight is 366 g/mol. The van der Waals surface area contributed by atoms with Gasteiger partial charge in [-0.2, -0.15) is 8.42 Å². The summed E-state index contributed by atoms with van der Waals surface area (Å²) in [4.78, 5) is 10.1. The van der Waals surface area contributed by atoms with E-state index in [1.54, 1.807) is 0 Å². The van der Waals surface area contributed by atoms with Crippen molar-refractivity contribution >= 4 is 27.5 Å². The van der Waals surface area contributed by atoms with E-state index >= 15 is 0 Å². The van der Waals surface area contributed by atoms with Crippen molar-refractivity contribution in [3.05, 3.63) is 42.0 Å². The minimum atomic E-state index is -4.47. The summed E-state index contributed by atoms with van der Waals surface area (Å²) in [5.41, 5.74) is 0.384. The lowest BCUT2D eigenvalue weighted by molar-refractivity contribution is -0.136. The predicted octanol–water partition coefficient (Wildman–Crippen LogP) is 2.78. The zero-order valence-electron chi connectivity index (χ0n) is 12.7. The molecule has 0 aliphatic heterocycles. The lowest BCUT2D eigenvalue weighted by Crippen LogP contribution is -1.97. The van der Waals surface area contributed by atoms with Crippen LogP contribution in [0.25, 0.3) is 0 Å². The van der Waals surface area contributed by atoms with E-state index in [9.17, 15) is 23.4 Å². The Balaban J connectivity index is 2.33. The number of aryl methyl sites for hydroxylation is 1. The molecule has 0 fully saturated rings. The number of benzene rings is 2. The number of nitrogens with zero attached hydrogens (tertiary/aromatic N) is 2. The molecule has 0 radical (unpaired) electrons. The number of azo groups is 1. The standard InChI is InChI=1S/C15H14N2O7S/c18-13-4-1-9(2-6-15(20)21)7-11(13)16-17-12-8-10(25(22,23)24)3-5-14(12)19/h1,3-5,7-8,18-19H,2,6H2,(H,20,21)(H,22,23,24)/b17-16+. The number of carbonyl (C=O) groups is 1. The Morgan fingerprint density at radius 2 is 1.52 bits per heavy atom. The van der Waals surface area contributed by atoms with Gasteiger partial charge >= 0.3 is 5.97 Å². The van der Waals surface area contributed by atoms with Gasteiger partial charge in [0.25, 0.3) is 10.1 Å². The number of carboxylic acids is 1. The number of rotatable bonds is 6. The van der Waals surface area contributed by atoms with Gasteiger partial charge in [-0.1, -0.05) is 6.07 Å². The summed E-state index contributed by atoms with van der Waals surface area (Å²) in [5.74, 6) is -1.57. The van der Waals surface area contributed by atoms with Crippen molar-refractivity contribution < 1.29 is 33.1 Å². The third-order valence-corrected chi connectivity index (χ3v) is 4.03. The van der Waals surface area contributed by atoms with Crippen LogP contribution < -0.4 is 0 Å². The molecule has 0 atom stereocenters. The fourth-order valence-corrected chi connectivity index (χ4v) is 2.41. The highest BCUT2D eigenvalue weighted by Crippen LogP contribution is 2.33. The van der Waals surface area contributed by atoms with Crippen LogP contribution in [-0.4, -0.2) is 34.3 Å². The normalized spacial score (nSPS) is 11.7. The van der Waals surface area contributed by atoms with Crippen LogP contribution in [-0.2, 0) is 21.3 Å². The second kappa shape index (κ2) is 7.28. The quantitative estimate of drug-likeness (QED) is 0.452. The molecule has 0 spiro atoms. The summed E-state index contributed by atoms with van der Waals surface area (Å²) in [6.07, 6.45) is 0.125. The predicted molar refractivity (Wildman–Crippen MR) is 86.2 cm³/mol. The summed E-state index contributed by atoms with van der Waals surface area (Å²) in [5, 5.41) is 35.6. The van der Waals surface area contributed by atoms with Crippen molar-refractivity contribution in [3.63, 3.8) is 0 Å². The highest BCUT2D eigenvalue weighted by Gasteiger charge is 2.12. The molecule has 0 saturated carbocycles. The van der Waals surface area contributed by atoms with Crippen molar-refractivity contribution in [2.24, 2.45) is 10.2 Å². The number of hydrogen-bond acceptors (Lipinski definition) is 7. The zero-order valence-corrected chi connectivity index (χ0v) is 13.5. The molecule has 9 nitrogen and oxygen atoms in total. The molecule has 0 heterocycles.